The molecule has 0 spiro atoms. The van der Waals surface area contributed by atoms with Gasteiger partial charge in [0.25, 0.3) is 5.91 Å². The number of carbonyl (C=O) groups excluding carboxylic acids is 1. The molecule has 4 rings (SSSR count). The Hall–Kier alpha value is -4.29. The van der Waals surface area contributed by atoms with E-state index in [1.54, 1.807) is 24.5 Å². The number of nitrogens with zero attached hydrogens (tertiary/aromatic N) is 7. The smallest absolute Gasteiger partial charge is 0.434 e. The third-order valence-corrected chi connectivity index (χ3v) is 4.27. The van der Waals surface area contributed by atoms with Crippen LogP contribution in [-0.2, 0) is 12.7 Å². The summed E-state index contributed by atoms with van der Waals surface area (Å²) < 4.78 is 48.2. The molecule has 0 aliphatic rings. The van der Waals surface area contributed by atoms with Gasteiger partial charge in [-0.1, -0.05) is 6.07 Å². The fraction of sp³-hybridized carbons (Fsp3) is 0.158. The number of hydrogen-bond donors (Lipinski definition) is 1. The van der Waals surface area contributed by atoms with E-state index in [-0.39, 0.29) is 17.5 Å². The van der Waals surface area contributed by atoms with Crippen molar-refractivity contribution in [3.8, 4) is 11.7 Å². The number of nitrogens with one attached hydrogen (secondary N) is 1. The standard InChI is InChI=1S/C19H15F3N8O2/c1-32-16-6-5-15(26-27-16)30-17(19(20,21)22)13(10-24-30)18(31)25-14-7-9-29(28-14)11-12-4-2-3-8-23-12/h2-10H,11H2,1H3,(H,25,28,31). The van der Waals surface area contributed by atoms with E-state index in [0.29, 0.717) is 11.2 Å². The first-order valence-corrected chi connectivity index (χ1v) is 9.13. The molecule has 10 nitrogen and oxygen atoms in total. The zero-order chi connectivity index (χ0) is 22.7. The van der Waals surface area contributed by atoms with E-state index >= 15 is 0 Å². The van der Waals surface area contributed by atoms with Gasteiger partial charge >= 0.3 is 6.18 Å². The van der Waals surface area contributed by atoms with Crippen molar-refractivity contribution in [2.75, 3.05) is 12.4 Å². The van der Waals surface area contributed by atoms with E-state index in [9.17, 15) is 18.0 Å². The Morgan fingerprint density at radius 3 is 2.66 bits per heavy atom. The van der Waals surface area contributed by atoms with Gasteiger partial charge in [-0.15, -0.1) is 10.2 Å². The van der Waals surface area contributed by atoms with Gasteiger partial charge in [0.2, 0.25) is 5.88 Å². The largest absolute Gasteiger partial charge is 0.480 e. The third-order valence-electron chi connectivity index (χ3n) is 4.27. The van der Waals surface area contributed by atoms with Crippen molar-refractivity contribution in [3.05, 3.63) is 71.9 Å². The summed E-state index contributed by atoms with van der Waals surface area (Å²) >= 11 is 0. The molecule has 0 aromatic carbocycles. The molecule has 4 aromatic heterocycles. The van der Waals surface area contributed by atoms with Crippen molar-refractivity contribution in [1.82, 2.24) is 34.7 Å². The molecule has 0 aliphatic carbocycles. The van der Waals surface area contributed by atoms with E-state index in [1.807, 2.05) is 6.07 Å². The van der Waals surface area contributed by atoms with Crippen molar-refractivity contribution < 1.29 is 22.7 Å². The molecule has 0 radical (unpaired) electrons. The molecule has 32 heavy (non-hydrogen) atoms. The fourth-order valence-corrected chi connectivity index (χ4v) is 2.85. The lowest BCUT2D eigenvalue weighted by atomic mass is 10.2. The number of ether oxygens (including phenoxy) is 1. The first-order valence-electron chi connectivity index (χ1n) is 9.13. The highest BCUT2D eigenvalue weighted by atomic mass is 19.4. The van der Waals surface area contributed by atoms with Crippen LogP contribution in [0.5, 0.6) is 5.88 Å². The summed E-state index contributed by atoms with van der Waals surface area (Å²) in [6.45, 7) is 0.332. The quantitative estimate of drug-likeness (QED) is 0.486. The molecule has 1 N–H and O–H groups in total. The topological polar surface area (TPSA) is 113 Å². The molecule has 0 atom stereocenters. The molecular formula is C19H15F3N8O2. The predicted molar refractivity (Wildman–Crippen MR) is 104 cm³/mol. The van der Waals surface area contributed by atoms with Crippen LogP contribution in [0, 0.1) is 0 Å². The number of carbonyl (C=O) groups is 1. The maximum atomic E-state index is 13.8. The Balaban J connectivity index is 1.58. The van der Waals surface area contributed by atoms with Gasteiger partial charge < -0.3 is 10.1 Å². The number of amides is 1. The lowest BCUT2D eigenvalue weighted by Crippen LogP contribution is -2.21. The fourth-order valence-electron chi connectivity index (χ4n) is 2.85. The van der Waals surface area contributed by atoms with E-state index in [4.69, 9.17) is 4.74 Å². The van der Waals surface area contributed by atoms with Gasteiger partial charge in [-0.3, -0.25) is 14.5 Å². The van der Waals surface area contributed by atoms with E-state index in [0.717, 1.165) is 11.9 Å². The van der Waals surface area contributed by atoms with Gasteiger partial charge in [0.1, 0.15) is 0 Å². The molecule has 164 valence electrons. The van der Waals surface area contributed by atoms with E-state index in [1.165, 1.54) is 30.0 Å². The monoisotopic (exact) mass is 444 g/mol. The van der Waals surface area contributed by atoms with E-state index < -0.39 is 23.3 Å². The Morgan fingerprint density at radius 1 is 1.16 bits per heavy atom. The van der Waals surface area contributed by atoms with Crippen LogP contribution >= 0.6 is 0 Å². The number of methoxy groups -OCH3 is 1. The summed E-state index contributed by atoms with van der Waals surface area (Å²) in [4.78, 5) is 16.8. The van der Waals surface area contributed by atoms with Crippen LogP contribution in [-0.4, -0.2) is 47.8 Å². The van der Waals surface area contributed by atoms with Gasteiger partial charge in [-0.25, -0.2) is 4.68 Å². The summed E-state index contributed by atoms with van der Waals surface area (Å²) in [7, 11) is 1.35. The van der Waals surface area contributed by atoms with Crippen LogP contribution in [0.15, 0.2) is 55.0 Å². The zero-order valence-electron chi connectivity index (χ0n) is 16.5. The normalized spacial score (nSPS) is 11.4. The second-order valence-electron chi connectivity index (χ2n) is 6.42. The first kappa shape index (κ1) is 21.0. The van der Waals surface area contributed by atoms with Crippen molar-refractivity contribution in [1.29, 1.82) is 0 Å². The van der Waals surface area contributed by atoms with Crippen LogP contribution in [0.25, 0.3) is 5.82 Å². The minimum Gasteiger partial charge on any atom is -0.480 e. The van der Waals surface area contributed by atoms with Crippen LogP contribution in [0.2, 0.25) is 0 Å². The number of rotatable bonds is 6. The van der Waals surface area contributed by atoms with Gasteiger partial charge in [0, 0.05) is 24.5 Å². The van der Waals surface area contributed by atoms with Crippen LogP contribution in [0.4, 0.5) is 19.0 Å². The summed E-state index contributed by atoms with van der Waals surface area (Å²) in [5, 5.41) is 17.5. The lowest BCUT2D eigenvalue weighted by Gasteiger charge is -2.11. The number of halogens is 3. The highest BCUT2D eigenvalue weighted by molar-refractivity contribution is 6.04. The van der Waals surface area contributed by atoms with Gasteiger partial charge in [-0.05, 0) is 18.2 Å². The molecular weight excluding hydrogens is 429 g/mol. The highest BCUT2D eigenvalue weighted by Crippen LogP contribution is 2.33. The molecule has 0 saturated carbocycles. The Morgan fingerprint density at radius 2 is 2.00 bits per heavy atom. The molecule has 4 aromatic rings. The second-order valence-corrected chi connectivity index (χ2v) is 6.42. The average Bonchev–Trinajstić information content (AvgIpc) is 3.41. The number of hydrogen-bond acceptors (Lipinski definition) is 7. The SMILES string of the molecule is COc1ccc(-n2ncc(C(=O)Nc3ccn(Cc4ccccn4)n3)c2C(F)(F)F)nn1. The molecule has 0 saturated heterocycles. The first-order chi connectivity index (χ1) is 15.3. The van der Waals surface area contributed by atoms with Crippen LogP contribution < -0.4 is 10.1 Å². The number of anilines is 1. The Kier molecular flexibility index (Phi) is 5.54. The molecule has 1 amide bonds. The zero-order valence-corrected chi connectivity index (χ0v) is 16.5. The average molecular weight is 444 g/mol. The summed E-state index contributed by atoms with van der Waals surface area (Å²) in [5.74, 6) is -1.05. The summed E-state index contributed by atoms with van der Waals surface area (Å²) in [5.41, 5.74) is -1.24. The molecule has 0 bridgehead atoms. The summed E-state index contributed by atoms with van der Waals surface area (Å²) in [6.07, 6.45) is -0.867. The molecule has 4 heterocycles. The minimum absolute atomic E-state index is 0.0797. The maximum Gasteiger partial charge on any atom is 0.434 e. The van der Waals surface area contributed by atoms with Gasteiger partial charge in [0.05, 0.1) is 31.1 Å². The molecule has 0 fully saturated rings. The van der Waals surface area contributed by atoms with Crippen molar-refractivity contribution in [2.45, 2.75) is 12.7 Å². The van der Waals surface area contributed by atoms with Crippen LogP contribution in [0.1, 0.15) is 21.7 Å². The van der Waals surface area contributed by atoms with Gasteiger partial charge in [0.15, 0.2) is 17.3 Å². The number of pyridine rings is 1. The molecule has 0 aliphatic heterocycles. The Bertz CT molecular complexity index is 1220. The van der Waals surface area contributed by atoms with Crippen molar-refractivity contribution in [2.24, 2.45) is 0 Å². The lowest BCUT2D eigenvalue weighted by molar-refractivity contribution is -0.143. The van der Waals surface area contributed by atoms with Gasteiger partial charge in [-0.2, -0.15) is 23.4 Å². The second kappa shape index (κ2) is 8.45. The van der Waals surface area contributed by atoms with Crippen LogP contribution in [0.3, 0.4) is 0 Å². The van der Waals surface area contributed by atoms with E-state index in [2.05, 4.69) is 30.7 Å². The predicted octanol–water partition coefficient (Wildman–Crippen LogP) is 2.58. The number of aromatic nitrogens is 7. The number of alkyl halides is 3. The molecule has 0 unspecified atom stereocenters. The minimum atomic E-state index is -4.89. The van der Waals surface area contributed by atoms with Crippen molar-refractivity contribution in [3.63, 3.8) is 0 Å². The maximum absolute atomic E-state index is 13.8. The third kappa shape index (κ3) is 4.40. The summed E-state index contributed by atoms with van der Waals surface area (Å²) in [6, 6.07) is 9.43. The highest BCUT2D eigenvalue weighted by Gasteiger charge is 2.41. The Labute approximate surface area is 178 Å². The molecule has 13 heteroatoms. The van der Waals surface area contributed by atoms with Crippen molar-refractivity contribution >= 4 is 11.7 Å².